The first-order valence-corrected chi connectivity index (χ1v) is 11.3. The summed E-state index contributed by atoms with van der Waals surface area (Å²) in [6.07, 6.45) is 1.40. The monoisotopic (exact) mass is 456 g/mol. The van der Waals surface area contributed by atoms with Gasteiger partial charge in [0.15, 0.2) is 0 Å². The number of tetrazole rings is 1. The number of aromatic amines is 1. The van der Waals surface area contributed by atoms with Crippen LogP contribution < -0.4 is 5.32 Å². The Morgan fingerprint density at radius 3 is 2.48 bits per heavy atom. The third-order valence-electron chi connectivity index (χ3n) is 4.28. The highest BCUT2D eigenvalue weighted by Gasteiger charge is 2.16. The fourth-order valence-electron chi connectivity index (χ4n) is 2.59. The van der Waals surface area contributed by atoms with Crippen LogP contribution in [0.15, 0.2) is 63.4 Å². The lowest BCUT2D eigenvalue weighted by atomic mass is 9.87. The van der Waals surface area contributed by atoms with Gasteiger partial charge in [0.2, 0.25) is 5.82 Å². The van der Waals surface area contributed by atoms with E-state index < -0.39 is 10.1 Å². The van der Waals surface area contributed by atoms with E-state index in [1.54, 1.807) is 0 Å². The number of rotatable bonds is 6. The van der Waals surface area contributed by atoms with Crippen molar-refractivity contribution in [1.29, 1.82) is 5.26 Å². The molecule has 1 heterocycles. The van der Waals surface area contributed by atoms with Crippen LogP contribution in [0.1, 0.15) is 32.2 Å². The van der Waals surface area contributed by atoms with Crippen molar-refractivity contribution in [2.45, 2.75) is 40.9 Å². The molecule has 3 rings (SSSR count). The number of nitrogens with one attached hydrogen (secondary N) is 2. The summed E-state index contributed by atoms with van der Waals surface area (Å²) in [5, 5.41) is 25.6. The van der Waals surface area contributed by atoms with E-state index in [1.807, 2.05) is 30.3 Å². The van der Waals surface area contributed by atoms with Crippen molar-refractivity contribution in [3.8, 4) is 6.07 Å². The molecular formula is C20H20N6O3S2. The van der Waals surface area contributed by atoms with Crippen molar-refractivity contribution in [3.63, 3.8) is 0 Å². The van der Waals surface area contributed by atoms with Gasteiger partial charge in [-0.25, -0.2) is 0 Å². The SMILES string of the molecule is CC(C)(C)c1ccc(Sc2cc(S(=O)(=O)O)ccc2NC=C(C#N)c2nn[nH]n2)cc1. The molecule has 11 heteroatoms. The van der Waals surface area contributed by atoms with E-state index in [4.69, 9.17) is 0 Å². The van der Waals surface area contributed by atoms with Crippen molar-refractivity contribution < 1.29 is 13.0 Å². The molecule has 0 fully saturated rings. The van der Waals surface area contributed by atoms with Crippen LogP contribution in [-0.2, 0) is 15.5 Å². The molecule has 0 aliphatic carbocycles. The third-order valence-corrected chi connectivity index (χ3v) is 6.19. The minimum absolute atomic E-state index is 0.00837. The molecule has 1 aromatic heterocycles. The Morgan fingerprint density at radius 1 is 1.23 bits per heavy atom. The topological polar surface area (TPSA) is 145 Å². The standard InChI is InChI=1S/C20H20N6O3S2/c1-20(2,3)14-4-6-15(7-5-14)30-18-10-16(31(27,28)29)8-9-17(18)22-12-13(11-21)19-23-25-26-24-19/h4-10,12,22H,1-3H3,(H,27,28,29)(H,23,24,25,26). The molecule has 0 unspecified atom stereocenters. The van der Waals surface area contributed by atoms with E-state index in [0.29, 0.717) is 10.6 Å². The van der Waals surface area contributed by atoms with Gasteiger partial charge in [-0.2, -0.15) is 18.9 Å². The van der Waals surface area contributed by atoms with Crippen LogP contribution in [0.2, 0.25) is 0 Å². The summed E-state index contributed by atoms with van der Waals surface area (Å²) in [4.78, 5) is 1.20. The molecule has 2 aromatic carbocycles. The van der Waals surface area contributed by atoms with E-state index >= 15 is 0 Å². The molecule has 0 saturated carbocycles. The molecular weight excluding hydrogens is 436 g/mol. The highest BCUT2D eigenvalue weighted by molar-refractivity contribution is 7.99. The zero-order chi connectivity index (χ0) is 22.6. The predicted molar refractivity (Wildman–Crippen MR) is 117 cm³/mol. The lowest BCUT2D eigenvalue weighted by Gasteiger charge is -2.19. The normalized spacial score (nSPS) is 12.4. The van der Waals surface area contributed by atoms with E-state index in [1.165, 1.54) is 41.7 Å². The first-order chi connectivity index (χ1) is 14.6. The maximum absolute atomic E-state index is 11.6. The van der Waals surface area contributed by atoms with Gasteiger partial charge in [0, 0.05) is 16.0 Å². The van der Waals surface area contributed by atoms with Crippen LogP contribution in [0.3, 0.4) is 0 Å². The van der Waals surface area contributed by atoms with Gasteiger partial charge in [0.05, 0.1) is 10.6 Å². The maximum atomic E-state index is 11.6. The third kappa shape index (κ3) is 5.69. The molecule has 0 aliphatic rings. The van der Waals surface area contributed by atoms with Gasteiger partial charge in [-0.15, -0.1) is 10.2 Å². The fourth-order valence-corrected chi connectivity index (χ4v) is 4.12. The second kappa shape index (κ2) is 8.89. The lowest BCUT2D eigenvalue weighted by molar-refractivity contribution is 0.483. The number of nitrogens with zero attached hydrogens (tertiary/aromatic N) is 4. The summed E-state index contributed by atoms with van der Waals surface area (Å²) in [5.41, 5.74) is 1.85. The Bertz CT molecular complexity index is 1240. The first kappa shape index (κ1) is 22.5. The maximum Gasteiger partial charge on any atom is 0.294 e. The molecule has 0 bridgehead atoms. The first-order valence-electron chi connectivity index (χ1n) is 9.08. The van der Waals surface area contributed by atoms with Gasteiger partial charge >= 0.3 is 0 Å². The molecule has 0 saturated heterocycles. The molecule has 0 amide bonds. The van der Waals surface area contributed by atoms with Crippen LogP contribution in [0, 0.1) is 11.3 Å². The Labute approximate surface area is 184 Å². The average Bonchev–Trinajstić information content (AvgIpc) is 3.23. The zero-order valence-corrected chi connectivity index (χ0v) is 18.6. The van der Waals surface area contributed by atoms with Crippen molar-refractivity contribution in [1.82, 2.24) is 20.6 Å². The van der Waals surface area contributed by atoms with E-state index in [2.05, 4.69) is 46.7 Å². The highest BCUT2D eigenvalue weighted by Crippen LogP contribution is 2.36. The molecule has 31 heavy (non-hydrogen) atoms. The van der Waals surface area contributed by atoms with Crippen LogP contribution >= 0.6 is 11.8 Å². The number of anilines is 1. The Morgan fingerprint density at radius 2 is 1.94 bits per heavy atom. The fraction of sp³-hybridized carbons (Fsp3) is 0.200. The smallest absolute Gasteiger partial charge is 0.294 e. The number of H-pyrrole nitrogens is 1. The highest BCUT2D eigenvalue weighted by atomic mass is 32.2. The molecule has 9 nitrogen and oxygen atoms in total. The van der Waals surface area contributed by atoms with Crippen molar-refractivity contribution in [3.05, 3.63) is 60.1 Å². The van der Waals surface area contributed by atoms with Crippen LogP contribution in [0.5, 0.6) is 0 Å². The summed E-state index contributed by atoms with van der Waals surface area (Å²) < 4.78 is 32.7. The minimum atomic E-state index is -4.37. The molecule has 3 aromatic rings. The molecule has 3 N–H and O–H groups in total. The van der Waals surface area contributed by atoms with Crippen molar-refractivity contribution >= 4 is 33.1 Å². The second-order valence-corrected chi connectivity index (χ2v) is 10.1. The molecule has 0 aliphatic heterocycles. The van der Waals surface area contributed by atoms with Gasteiger partial charge in [0.25, 0.3) is 10.1 Å². The van der Waals surface area contributed by atoms with E-state index in [9.17, 15) is 18.2 Å². The number of hydrogen-bond acceptors (Lipinski definition) is 8. The van der Waals surface area contributed by atoms with E-state index in [-0.39, 0.29) is 21.7 Å². The summed E-state index contributed by atoms with van der Waals surface area (Å²) in [6, 6.07) is 14.1. The van der Waals surface area contributed by atoms with Gasteiger partial charge < -0.3 is 5.32 Å². The summed E-state index contributed by atoms with van der Waals surface area (Å²) in [7, 11) is -4.37. The lowest BCUT2D eigenvalue weighted by Crippen LogP contribution is -2.10. The summed E-state index contributed by atoms with van der Waals surface area (Å²) in [6.45, 7) is 6.36. The van der Waals surface area contributed by atoms with Crippen LogP contribution in [-0.4, -0.2) is 33.6 Å². The number of nitriles is 1. The van der Waals surface area contributed by atoms with E-state index in [0.717, 1.165) is 4.90 Å². The molecule has 0 atom stereocenters. The Kier molecular flexibility index (Phi) is 6.45. The molecule has 160 valence electrons. The van der Waals surface area contributed by atoms with Gasteiger partial charge in [0.1, 0.15) is 11.6 Å². The van der Waals surface area contributed by atoms with Crippen molar-refractivity contribution in [2.24, 2.45) is 0 Å². The van der Waals surface area contributed by atoms with Gasteiger partial charge in [-0.3, -0.25) is 4.55 Å². The quantitative estimate of drug-likeness (QED) is 0.372. The summed E-state index contributed by atoms with van der Waals surface area (Å²) in [5.74, 6) is 0.122. The number of hydrogen-bond donors (Lipinski definition) is 3. The van der Waals surface area contributed by atoms with Crippen LogP contribution in [0.4, 0.5) is 5.69 Å². The minimum Gasteiger partial charge on any atom is -0.359 e. The summed E-state index contributed by atoms with van der Waals surface area (Å²) >= 11 is 1.32. The molecule has 0 radical (unpaired) electrons. The largest absolute Gasteiger partial charge is 0.359 e. The van der Waals surface area contributed by atoms with Gasteiger partial charge in [-0.05, 0) is 46.5 Å². The zero-order valence-electron chi connectivity index (χ0n) is 17.0. The second-order valence-electron chi connectivity index (χ2n) is 7.56. The van der Waals surface area contributed by atoms with Gasteiger partial charge in [-0.1, -0.05) is 44.7 Å². The molecule has 0 spiro atoms. The van der Waals surface area contributed by atoms with Crippen molar-refractivity contribution in [2.75, 3.05) is 5.32 Å². The Hall–Kier alpha value is -3.20. The Balaban J connectivity index is 1.96. The average molecular weight is 457 g/mol. The number of benzene rings is 2. The number of allylic oxidation sites excluding steroid dienone is 1. The van der Waals surface area contributed by atoms with Crippen LogP contribution in [0.25, 0.3) is 5.57 Å². The number of aromatic nitrogens is 4. The predicted octanol–water partition coefficient (Wildman–Crippen LogP) is 3.87.